The maximum Gasteiger partial charge on any atom is 0.132 e. The number of carbonyl (C=O) groups is 1. The molecule has 0 radical (unpaired) electrons. The predicted molar refractivity (Wildman–Crippen MR) is 63.0 cm³/mol. The molecule has 0 heterocycles. The highest BCUT2D eigenvalue weighted by atomic mass is 35.5. The van der Waals surface area contributed by atoms with E-state index in [9.17, 15) is 4.79 Å². The van der Waals surface area contributed by atoms with E-state index in [-0.39, 0.29) is 0 Å². The molecule has 0 N–H and O–H groups in total. The Balaban J connectivity index is 3.10. The minimum atomic E-state index is 0.448. The SMILES string of the molecule is CCCCCC(=O)CCCCCCCl. The molecule has 0 aromatic heterocycles. The summed E-state index contributed by atoms with van der Waals surface area (Å²) in [7, 11) is 0. The van der Waals surface area contributed by atoms with Gasteiger partial charge >= 0.3 is 0 Å². The Morgan fingerprint density at radius 2 is 1.50 bits per heavy atom. The van der Waals surface area contributed by atoms with E-state index in [1.54, 1.807) is 0 Å². The number of Topliss-reactive ketones (excluding diaryl/α,β-unsaturated/α-hetero) is 1. The van der Waals surface area contributed by atoms with E-state index >= 15 is 0 Å². The van der Waals surface area contributed by atoms with Crippen molar-refractivity contribution in [1.29, 1.82) is 0 Å². The summed E-state index contributed by atoms with van der Waals surface area (Å²) in [6.07, 6.45) is 9.53. The van der Waals surface area contributed by atoms with Gasteiger partial charge in [0.05, 0.1) is 0 Å². The molecule has 0 fully saturated rings. The number of ketones is 1. The molecule has 0 aliphatic rings. The number of alkyl halides is 1. The molecule has 0 unspecified atom stereocenters. The highest BCUT2D eigenvalue weighted by Gasteiger charge is 2.00. The van der Waals surface area contributed by atoms with Gasteiger partial charge in [-0.2, -0.15) is 0 Å². The highest BCUT2D eigenvalue weighted by molar-refractivity contribution is 6.17. The van der Waals surface area contributed by atoms with Crippen molar-refractivity contribution < 1.29 is 4.79 Å². The summed E-state index contributed by atoms with van der Waals surface area (Å²) in [5.41, 5.74) is 0. The van der Waals surface area contributed by atoms with Gasteiger partial charge in [-0.05, 0) is 19.3 Å². The third-order valence-corrected chi connectivity index (χ3v) is 2.67. The van der Waals surface area contributed by atoms with Crippen molar-refractivity contribution in [3.63, 3.8) is 0 Å². The van der Waals surface area contributed by atoms with Crippen molar-refractivity contribution in [1.82, 2.24) is 0 Å². The topological polar surface area (TPSA) is 17.1 Å². The van der Waals surface area contributed by atoms with Crippen LogP contribution in [0.1, 0.15) is 64.7 Å². The van der Waals surface area contributed by atoms with Gasteiger partial charge in [0.25, 0.3) is 0 Å². The summed E-state index contributed by atoms with van der Waals surface area (Å²) in [4.78, 5) is 11.3. The van der Waals surface area contributed by atoms with E-state index in [0.717, 1.165) is 44.4 Å². The molecule has 14 heavy (non-hydrogen) atoms. The van der Waals surface area contributed by atoms with Gasteiger partial charge in [0.15, 0.2) is 0 Å². The van der Waals surface area contributed by atoms with Gasteiger partial charge in [0, 0.05) is 18.7 Å². The van der Waals surface area contributed by atoms with Crippen LogP contribution in [0.3, 0.4) is 0 Å². The first kappa shape index (κ1) is 14.0. The van der Waals surface area contributed by atoms with Gasteiger partial charge < -0.3 is 0 Å². The molecule has 0 spiro atoms. The molecule has 0 aliphatic carbocycles. The van der Waals surface area contributed by atoms with Crippen molar-refractivity contribution in [3.8, 4) is 0 Å². The third-order valence-electron chi connectivity index (χ3n) is 2.40. The molecule has 0 aromatic rings. The lowest BCUT2D eigenvalue weighted by Gasteiger charge is -2.00. The van der Waals surface area contributed by atoms with Crippen LogP contribution >= 0.6 is 11.6 Å². The fraction of sp³-hybridized carbons (Fsp3) is 0.917. The van der Waals surface area contributed by atoms with Crippen LogP contribution in [0.15, 0.2) is 0 Å². The van der Waals surface area contributed by atoms with E-state index in [1.165, 1.54) is 19.3 Å². The molecule has 2 heteroatoms. The van der Waals surface area contributed by atoms with Crippen molar-refractivity contribution >= 4 is 17.4 Å². The lowest BCUT2D eigenvalue weighted by Crippen LogP contribution is -1.97. The monoisotopic (exact) mass is 218 g/mol. The van der Waals surface area contributed by atoms with Gasteiger partial charge in [0.2, 0.25) is 0 Å². The number of rotatable bonds is 10. The number of halogens is 1. The first-order valence-electron chi connectivity index (χ1n) is 5.89. The summed E-state index contributed by atoms with van der Waals surface area (Å²) in [6.45, 7) is 2.16. The van der Waals surface area contributed by atoms with Gasteiger partial charge in [-0.3, -0.25) is 4.79 Å². The van der Waals surface area contributed by atoms with Gasteiger partial charge in [-0.25, -0.2) is 0 Å². The van der Waals surface area contributed by atoms with Crippen LogP contribution in [0, 0.1) is 0 Å². The second kappa shape index (κ2) is 11.0. The zero-order valence-corrected chi connectivity index (χ0v) is 10.1. The Morgan fingerprint density at radius 3 is 2.07 bits per heavy atom. The zero-order chi connectivity index (χ0) is 10.6. The van der Waals surface area contributed by atoms with E-state index < -0.39 is 0 Å². The normalized spacial score (nSPS) is 10.4. The summed E-state index contributed by atoms with van der Waals surface area (Å²) in [5, 5.41) is 0. The molecule has 0 aromatic carbocycles. The van der Waals surface area contributed by atoms with Gasteiger partial charge in [-0.15, -0.1) is 11.6 Å². The Bertz CT molecular complexity index is 134. The summed E-state index contributed by atoms with van der Waals surface area (Å²) < 4.78 is 0. The Hall–Kier alpha value is -0.0400. The average molecular weight is 219 g/mol. The quantitative estimate of drug-likeness (QED) is 0.394. The molecule has 0 amide bonds. The van der Waals surface area contributed by atoms with Crippen molar-refractivity contribution in [3.05, 3.63) is 0 Å². The van der Waals surface area contributed by atoms with Crippen LogP contribution in [0.4, 0.5) is 0 Å². The van der Waals surface area contributed by atoms with Crippen LogP contribution in [0.2, 0.25) is 0 Å². The lowest BCUT2D eigenvalue weighted by molar-refractivity contribution is -0.119. The predicted octanol–water partition coefficient (Wildman–Crippen LogP) is 4.33. The second-order valence-electron chi connectivity index (χ2n) is 3.85. The van der Waals surface area contributed by atoms with E-state index in [2.05, 4.69) is 6.92 Å². The summed E-state index contributed by atoms with van der Waals surface area (Å²) >= 11 is 5.56. The van der Waals surface area contributed by atoms with Crippen LogP contribution in [-0.2, 0) is 4.79 Å². The third kappa shape index (κ3) is 10.0. The molecular weight excluding hydrogens is 196 g/mol. The fourth-order valence-electron chi connectivity index (χ4n) is 1.47. The first-order valence-corrected chi connectivity index (χ1v) is 6.42. The number of carbonyl (C=O) groups excluding carboxylic acids is 1. The van der Waals surface area contributed by atoms with Crippen LogP contribution < -0.4 is 0 Å². The molecule has 0 saturated carbocycles. The standard InChI is InChI=1S/C12H23ClO/c1-2-3-6-9-12(14)10-7-4-5-8-11-13/h2-11H2,1H3. The van der Waals surface area contributed by atoms with E-state index in [4.69, 9.17) is 11.6 Å². The highest BCUT2D eigenvalue weighted by Crippen LogP contribution is 2.08. The van der Waals surface area contributed by atoms with Crippen LogP contribution in [-0.4, -0.2) is 11.7 Å². The zero-order valence-electron chi connectivity index (χ0n) is 9.36. The average Bonchev–Trinajstić information content (AvgIpc) is 2.18. The maximum atomic E-state index is 11.3. The summed E-state index contributed by atoms with van der Waals surface area (Å²) in [5.74, 6) is 1.20. The van der Waals surface area contributed by atoms with Crippen molar-refractivity contribution in [2.75, 3.05) is 5.88 Å². The number of unbranched alkanes of at least 4 members (excludes halogenated alkanes) is 5. The first-order chi connectivity index (χ1) is 6.81. The van der Waals surface area contributed by atoms with Gasteiger partial charge in [-0.1, -0.05) is 32.6 Å². The molecular formula is C12H23ClO. The van der Waals surface area contributed by atoms with Crippen LogP contribution in [0.25, 0.3) is 0 Å². The van der Waals surface area contributed by atoms with Crippen molar-refractivity contribution in [2.45, 2.75) is 64.7 Å². The molecule has 0 rings (SSSR count). The molecule has 1 nitrogen and oxygen atoms in total. The second-order valence-corrected chi connectivity index (χ2v) is 4.23. The minimum absolute atomic E-state index is 0.448. The molecule has 0 aliphatic heterocycles. The van der Waals surface area contributed by atoms with Gasteiger partial charge in [0.1, 0.15) is 5.78 Å². The summed E-state index contributed by atoms with van der Waals surface area (Å²) in [6, 6.07) is 0. The number of hydrogen-bond acceptors (Lipinski definition) is 1. The Kier molecular flexibility index (Phi) is 11.0. The van der Waals surface area contributed by atoms with Crippen LogP contribution in [0.5, 0.6) is 0 Å². The van der Waals surface area contributed by atoms with E-state index in [1.807, 2.05) is 0 Å². The molecule has 84 valence electrons. The number of hydrogen-bond donors (Lipinski definition) is 0. The van der Waals surface area contributed by atoms with Crippen molar-refractivity contribution in [2.24, 2.45) is 0 Å². The Morgan fingerprint density at radius 1 is 0.929 bits per heavy atom. The molecule has 0 saturated heterocycles. The smallest absolute Gasteiger partial charge is 0.132 e. The maximum absolute atomic E-state index is 11.3. The molecule has 0 atom stereocenters. The largest absolute Gasteiger partial charge is 0.300 e. The lowest BCUT2D eigenvalue weighted by atomic mass is 10.1. The molecule has 0 bridgehead atoms. The Labute approximate surface area is 93.2 Å². The van der Waals surface area contributed by atoms with E-state index in [0.29, 0.717) is 5.78 Å². The fourth-order valence-corrected chi connectivity index (χ4v) is 1.66. The minimum Gasteiger partial charge on any atom is -0.300 e.